The van der Waals surface area contributed by atoms with Gasteiger partial charge in [-0.05, 0) is 21.9 Å². The Labute approximate surface area is 226 Å². The molecule has 2 aromatic heterocycles. The molecule has 2 aromatic carbocycles. The number of nitrogens with zero attached hydrogens (tertiary/aromatic N) is 5. The van der Waals surface area contributed by atoms with Crippen molar-refractivity contribution in [2.24, 2.45) is 5.41 Å². The second kappa shape index (κ2) is 9.00. The van der Waals surface area contributed by atoms with Crippen LogP contribution in [0.5, 0.6) is 0 Å². The molecule has 1 aliphatic carbocycles. The number of pyridine rings is 1. The summed E-state index contributed by atoms with van der Waals surface area (Å²) in [7, 11) is 0. The Morgan fingerprint density at radius 3 is 2.03 bits per heavy atom. The van der Waals surface area contributed by atoms with Crippen molar-refractivity contribution in [1.82, 2.24) is 19.9 Å². The minimum absolute atomic E-state index is 0. The van der Waals surface area contributed by atoms with Crippen LogP contribution < -0.4 is 0 Å². The monoisotopic (exact) mass is 651 g/mol. The van der Waals surface area contributed by atoms with Crippen molar-refractivity contribution >= 4 is 0 Å². The number of fused-ring (bicyclic) bond motifs is 1. The van der Waals surface area contributed by atoms with Gasteiger partial charge in [0.15, 0.2) is 11.6 Å². The molecule has 0 N–H and O–H groups in total. The zero-order valence-electron chi connectivity index (χ0n) is 21.3. The van der Waals surface area contributed by atoms with E-state index in [1.165, 1.54) is 11.1 Å². The summed E-state index contributed by atoms with van der Waals surface area (Å²) in [6.07, 6.45) is 1.75. The van der Waals surface area contributed by atoms with E-state index in [4.69, 9.17) is 4.98 Å². The molecule has 0 bridgehead atoms. The smallest absolute Gasteiger partial charge is 0.236 e. The van der Waals surface area contributed by atoms with Gasteiger partial charge in [0.25, 0.3) is 0 Å². The summed E-state index contributed by atoms with van der Waals surface area (Å²) in [5, 5.41) is 9.44. The zero-order chi connectivity index (χ0) is 25.0. The van der Waals surface area contributed by atoms with Crippen molar-refractivity contribution in [2.75, 3.05) is 0 Å². The van der Waals surface area contributed by atoms with Gasteiger partial charge < -0.3 is 4.98 Å². The SMILES string of the molecule is CC1(C)c2c[c-]c(-c3ccc(-c4nc(C#N)nc(-c5ccccc5)n4)cn3)cc2C(C)(C)C1(C)C.[Ir]. The van der Waals surface area contributed by atoms with Crippen LogP contribution in [-0.4, -0.2) is 19.9 Å². The molecule has 1 aliphatic rings. The van der Waals surface area contributed by atoms with Gasteiger partial charge in [-0.2, -0.15) is 15.2 Å². The molecule has 0 unspecified atom stereocenters. The summed E-state index contributed by atoms with van der Waals surface area (Å²) >= 11 is 0. The van der Waals surface area contributed by atoms with E-state index in [2.05, 4.69) is 74.7 Å². The van der Waals surface area contributed by atoms with Crippen LogP contribution in [0.2, 0.25) is 0 Å². The molecule has 0 saturated heterocycles. The number of aromatic nitrogens is 4. The standard InChI is InChI=1S/C30H28N5.Ir/c1-28(2)22-14-12-20(16-23(22)29(3,4)30(28,5)6)24-15-13-21(18-32-24)27-34-25(17-31)33-26(35-27)19-10-8-7-9-11-19;/h7-11,13-16,18H,1-6H3;/q-1;. The Bertz CT molecular complexity index is 1470. The maximum atomic E-state index is 9.44. The Morgan fingerprint density at radius 1 is 0.778 bits per heavy atom. The summed E-state index contributed by atoms with van der Waals surface area (Å²) in [4.78, 5) is 17.9. The Hall–Kier alpha value is -3.26. The minimum Gasteiger partial charge on any atom is -0.304 e. The summed E-state index contributed by atoms with van der Waals surface area (Å²) in [6.45, 7) is 14.0. The van der Waals surface area contributed by atoms with Gasteiger partial charge in [-0.15, -0.1) is 34.9 Å². The van der Waals surface area contributed by atoms with Crippen LogP contribution >= 0.6 is 0 Å². The van der Waals surface area contributed by atoms with E-state index in [1.807, 2.05) is 48.5 Å². The van der Waals surface area contributed by atoms with Gasteiger partial charge in [-0.25, -0.2) is 4.98 Å². The van der Waals surface area contributed by atoms with Crippen LogP contribution in [0.25, 0.3) is 34.0 Å². The Balaban J connectivity index is 0.00000304. The van der Waals surface area contributed by atoms with Crippen LogP contribution in [0.4, 0.5) is 0 Å². The average molecular weight is 651 g/mol. The summed E-state index contributed by atoms with van der Waals surface area (Å²) in [5.74, 6) is 0.977. The number of rotatable bonds is 3. The maximum absolute atomic E-state index is 9.44. The third-order valence-electron chi connectivity index (χ3n) is 8.49. The van der Waals surface area contributed by atoms with Crippen LogP contribution in [0.1, 0.15) is 58.5 Å². The number of hydrogen-bond donors (Lipinski definition) is 0. The normalized spacial score (nSPS) is 16.5. The predicted octanol–water partition coefficient (Wildman–Crippen LogP) is 6.53. The number of nitriles is 1. The summed E-state index contributed by atoms with van der Waals surface area (Å²) in [5.41, 5.74) is 6.24. The molecular formula is C30H28IrN5-. The third kappa shape index (κ3) is 3.88. The van der Waals surface area contributed by atoms with Crippen LogP contribution in [0.15, 0.2) is 60.8 Å². The van der Waals surface area contributed by atoms with Gasteiger partial charge in [0.1, 0.15) is 6.07 Å². The summed E-state index contributed by atoms with van der Waals surface area (Å²) < 4.78 is 0. The van der Waals surface area contributed by atoms with E-state index < -0.39 is 0 Å². The Morgan fingerprint density at radius 2 is 1.42 bits per heavy atom. The van der Waals surface area contributed by atoms with Gasteiger partial charge in [-0.1, -0.05) is 84.0 Å². The average Bonchev–Trinajstić information content (AvgIpc) is 2.98. The van der Waals surface area contributed by atoms with E-state index in [9.17, 15) is 5.26 Å². The molecule has 6 heteroatoms. The van der Waals surface area contributed by atoms with Crippen molar-refractivity contribution in [3.63, 3.8) is 0 Å². The second-order valence-corrected chi connectivity index (χ2v) is 10.8. The van der Waals surface area contributed by atoms with Gasteiger partial charge >= 0.3 is 0 Å². The first kappa shape index (κ1) is 25.8. The van der Waals surface area contributed by atoms with Crippen molar-refractivity contribution in [3.05, 3.63) is 83.8 Å². The number of benzene rings is 2. The first-order valence-electron chi connectivity index (χ1n) is 11.8. The van der Waals surface area contributed by atoms with Gasteiger partial charge in [0.2, 0.25) is 5.82 Å². The largest absolute Gasteiger partial charge is 0.304 e. The molecular weight excluding hydrogens is 623 g/mol. The van der Waals surface area contributed by atoms with Crippen molar-refractivity contribution < 1.29 is 20.1 Å². The summed E-state index contributed by atoms with van der Waals surface area (Å²) in [6, 6.07) is 23.4. The molecule has 4 aromatic rings. The first-order chi connectivity index (χ1) is 16.6. The third-order valence-corrected chi connectivity index (χ3v) is 8.49. The molecule has 36 heavy (non-hydrogen) atoms. The maximum Gasteiger partial charge on any atom is 0.236 e. The molecule has 0 saturated carbocycles. The minimum atomic E-state index is 0. The first-order valence-corrected chi connectivity index (χ1v) is 11.8. The second-order valence-electron chi connectivity index (χ2n) is 10.8. The van der Waals surface area contributed by atoms with Crippen molar-refractivity contribution in [2.45, 2.75) is 52.4 Å². The predicted molar refractivity (Wildman–Crippen MR) is 137 cm³/mol. The fourth-order valence-electron chi connectivity index (χ4n) is 5.08. The molecule has 1 radical (unpaired) electrons. The van der Waals surface area contributed by atoms with Crippen LogP contribution in [0.3, 0.4) is 0 Å². The van der Waals surface area contributed by atoms with E-state index in [1.54, 1.807) is 6.20 Å². The van der Waals surface area contributed by atoms with Gasteiger partial charge in [-0.3, -0.25) is 0 Å². The van der Waals surface area contributed by atoms with Crippen molar-refractivity contribution in [3.8, 4) is 40.1 Å². The van der Waals surface area contributed by atoms with E-state index >= 15 is 0 Å². The molecule has 5 rings (SSSR count). The van der Waals surface area contributed by atoms with Crippen LogP contribution in [-0.2, 0) is 30.9 Å². The topological polar surface area (TPSA) is 75.3 Å². The van der Waals surface area contributed by atoms with Gasteiger partial charge in [0.05, 0.1) is 0 Å². The molecule has 2 heterocycles. The van der Waals surface area contributed by atoms with Crippen LogP contribution in [0, 0.1) is 22.8 Å². The molecule has 5 nitrogen and oxygen atoms in total. The zero-order valence-corrected chi connectivity index (χ0v) is 23.7. The quantitative estimate of drug-likeness (QED) is 0.236. The van der Waals surface area contributed by atoms with E-state index in [0.29, 0.717) is 11.6 Å². The fraction of sp³-hybridized carbons (Fsp3) is 0.300. The molecule has 0 spiro atoms. The molecule has 0 atom stereocenters. The molecule has 0 fully saturated rings. The van der Waals surface area contributed by atoms with E-state index in [-0.39, 0.29) is 42.2 Å². The van der Waals surface area contributed by atoms with Crippen molar-refractivity contribution in [1.29, 1.82) is 5.26 Å². The Kier molecular flexibility index (Phi) is 6.45. The van der Waals surface area contributed by atoms with E-state index in [0.717, 1.165) is 22.4 Å². The molecule has 0 amide bonds. The number of hydrogen-bond acceptors (Lipinski definition) is 5. The molecule has 183 valence electrons. The molecule has 0 aliphatic heterocycles. The fourth-order valence-corrected chi connectivity index (χ4v) is 5.08. The van der Waals surface area contributed by atoms with Gasteiger partial charge in [0, 0.05) is 37.4 Å².